The molecule has 0 aliphatic carbocycles. The molecule has 56 heavy (non-hydrogen) atoms. The Kier molecular flexibility index (Phi) is 8.23. The molecule has 2 aliphatic heterocycles. The second kappa shape index (κ2) is 13.8. The van der Waals surface area contributed by atoms with Crippen LogP contribution in [0.1, 0.15) is 45.5 Å². The third kappa shape index (κ3) is 5.38. The summed E-state index contributed by atoms with van der Waals surface area (Å²) in [5.74, 6) is -0.418. The van der Waals surface area contributed by atoms with Crippen molar-refractivity contribution in [2.24, 2.45) is 0 Å². The van der Waals surface area contributed by atoms with E-state index in [0.717, 1.165) is 54.9 Å². The minimum absolute atomic E-state index is 0.209. The molecule has 0 atom stereocenters. The normalized spacial score (nSPS) is 14.2. The van der Waals surface area contributed by atoms with E-state index in [1.807, 2.05) is 119 Å². The molecule has 4 nitrogen and oxygen atoms in total. The van der Waals surface area contributed by atoms with Gasteiger partial charge in [-0.3, -0.25) is 19.4 Å². The third-order valence-electron chi connectivity index (χ3n) is 11.1. The maximum Gasteiger partial charge on any atom is 0.262 e. The van der Waals surface area contributed by atoms with E-state index in [0.29, 0.717) is 22.5 Å². The smallest absolute Gasteiger partial charge is 0.262 e. The lowest BCUT2D eigenvalue weighted by atomic mass is 9.93. The van der Waals surface area contributed by atoms with Gasteiger partial charge >= 0.3 is 0 Å². The molecule has 4 heteroatoms. The zero-order chi connectivity index (χ0) is 37.6. The number of benzene rings is 8. The average molecular weight is 721 g/mol. The van der Waals surface area contributed by atoms with E-state index in [9.17, 15) is 0 Å². The molecule has 0 radical (unpaired) electrons. The van der Waals surface area contributed by atoms with Crippen molar-refractivity contribution in [2.45, 2.75) is 12.1 Å². The molecule has 8 aromatic carbocycles. The van der Waals surface area contributed by atoms with Crippen LogP contribution in [-0.4, -0.2) is 21.6 Å². The van der Waals surface area contributed by atoms with Crippen LogP contribution in [-0.2, 0) is 9.59 Å². The van der Waals surface area contributed by atoms with E-state index in [1.54, 1.807) is 0 Å². The van der Waals surface area contributed by atoms with Gasteiger partial charge in [-0.1, -0.05) is 206 Å². The number of nitrogens with zero attached hydrogens (tertiary/aromatic N) is 2. The first kappa shape index (κ1) is 33.3. The average Bonchev–Trinajstić information content (AvgIpc) is 3.72. The summed E-state index contributed by atoms with van der Waals surface area (Å²) in [7, 11) is 0. The van der Waals surface area contributed by atoms with Gasteiger partial charge < -0.3 is 0 Å². The first-order chi connectivity index (χ1) is 27.7. The summed E-state index contributed by atoms with van der Waals surface area (Å²) in [6.07, 6.45) is 0. The largest absolute Gasteiger partial charge is 0.295 e. The number of rotatable bonds is 8. The van der Waals surface area contributed by atoms with Gasteiger partial charge in [0.05, 0.1) is 34.6 Å². The fraction of sp³-hybridized carbons (Fsp3) is 0.0385. The van der Waals surface area contributed by atoms with E-state index < -0.39 is 12.1 Å². The molecule has 10 rings (SSSR count). The van der Waals surface area contributed by atoms with Crippen LogP contribution in [0.15, 0.2) is 217 Å². The van der Waals surface area contributed by atoms with Crippen LogP contribution in [0.25, 0.3) is 32.9 Å². The van der Waals surface area contributed by atoms with Gasteiger partial charge in [0.2, 0.25) is 0 Å². The van der Waals surface area contributed by atoms with Crippen LogP contribution in [0, 0.1) is 0 Å². The maximum atomic E-state index is 16.0. The van der Waals surface area contributed by atoms with Gasteiger partial charge in [0, 0.05) is 11.1 Å². The van der Waals surface area contributed by atoms with E-state index in [4.69, 9.17) is 0 Å². The highest BCUT2D eigenvalue weighted by molar-refractivity contribution is 6.32. The lowest BCUT2D eigenvalue weighted by Gasteiger charge is -2.35. The second-order valence-electron chi connectivity index (χ2n) is 14.3. The van der Waals surface area contributed by atoms with Gasteiger partial charge in [0.1, 0.15) is 0 Å². The number of amides is 2. The molecule has 0 unspecified atom stereocenters. The summed E-state index contributed by atoms with van der Waals surface area (Å²) in [5.41, 5.74) is 7.55. The number of hydrogen-bond donors (Lipinski definition) is 0. The molecule has 0 aromatic heterocycles. The molecule has 0 saturated heterocycles. The van der Waals surface area contributed by atoms with E-state index in [2.05, 4.69) is 97.1 Å². The molecule has 0 saturated carbocycles. The van der Waals surface area contributed by atoms with Crippen LogP contribution in [0.5, 0.6) is 0 Å². The highest BCUT2D eigenvalue weighted by Gasteiger charge is 2.53. The number of carbonyl (C=O) groups excluding carboxylic acids is 2. The van der Waals surface area contributed by atoms with Gasteiger partial charge in [0.25, 0.3) is 11.8 Å². The second-order valence-corrected chi connectivity index (χ2v) is 14.3. The Labute approximate surface area is 325 Å². The standard InChI is InChI=1S/C52H36N2O2/c55-51-46-45(49(43-33-17-29-35-19-13-15-31-41(35)43)53(51)47(37-21-5-1-6-22-37)38-23-7-2-8-24-38)52(56)54(50(46)44-34-18-30-36-20-14-16-32-42(36)44)48(39-25-9-3-10-26-39)40-27-11-4-12-28-40/h1-34,47-48H. The van der Waals surface area contributed by atoms with Crippen molar-refractivity contribution in [3.05, 3.63) is 251 Å². The van der Waals surface area contributed by atoms with Crippen molar-refractivity contribution in [1.82, 2.24) is 9.80 Å². The lowest BCUT2D eigenvalue weighted by Crippen LogP contribution is -2.35. The Bertz CT molecular complexity index is 2560. The summed E-state index contributed by atoms with van der Waals surface area (Å²) in [6.45, 7) is 0. The van der Waals surface area contributed by atoms with Crippen LogP contribution in [0.3, 0.4) is 0 Å². The topological polar surface area (TPSA) is 40.6 Å². The third-order valence-corrected chi connectivity index (χ3v) is 11.1. The van der Waals surface area contributed by atoms with Crippen molar-refractivity contribution in [3.63, 3.8) is 0 Å². The van der Waals surface area contributed by atoms with Gasteiger partial charge in [-0.05, 0) is 43.8 Å². The van der Waals surface area contributed by atoms with E-state index in [1.165, 1.54) is 0 Å². The Morgan fingerprint density at radius 2 is 0.589 bits per heavy atom. The molecule has 266 valence electrons. The molecule has 0 spiro atoms. The van der Waals surface area contributed by atoms with Crippen molar-refractivity contribution < 1.29 is 9.59 Å². The molecular formula is C52H36N2O2. The minimum atomic E-state index is -0.515. The molecule has 2 heterocycles. The predicted molar refractivity (Wildman–Crippen MR) is 225 cm³/mol. The lowest BCUT2D eigenvalue weighted by molar-refractivity contribution is -0.125. The Morgan fingerprint density at radius 3 is 0.929 bits per heavy atom. The first-order valence-electron chi connectivity index (χ1n) is 19.0. The van der Waals surface area contributed by atoms with Gasteiger partial charge in [-0.25, -0.2) is 0 Å². The van der Waals surface area contributed by atoms with Crippen molar-refractivity contribution in [2.75, 3.05) is 0 Å². The summed E-state index contributed by atoms with van der Waals surface area (Å²) in [4.78, 5) is 35.9. The van der Waals surface area contributed by atoms with Gasteiger partial charge in [-0.15, -0.1) is 0 Å². The summed E-state index contributed by atoms with van der Waals surface area (Å²) < 4.78 is 0. The molecule has 0 fully saturated rings. The number of carbonyl (C=O) groups is 2. The Balaban J connectivity index is 1.35. The van der Waals surface area contributed by atoms with Gasteiger partial charge in [-0.2, -0.15) is 0 Å². The van der Waals surface area contributed by atoms with Crippen molar-refractivity contribution in [3.8, 4) is 0 Å². The zero-order valence-corrected chi connectivity index (χ0v) is 30.5. The number of fused-ring (bicyclic) bond motifs is 3. The molecule has 2 amide bonds. The minimum Gasteiger partial charge on any atom is -0.295 e. The highest BCUT2D eigenvalue weighted by Crippen LogP contribution is 2.54. The van der Waals surface area contributed by atoms with Crippen molar-refractivity contribution in [1.29, 1.82) is 0 Å². The van der Waals surface area contributed by atoms with Crippen LogP contribution < -0.4 is 0 Å². The summed E-state index contributed by atoms with van der Waals surface area (Å²) in [5, 5.41) is 4.00. The molecule has 0 bridgehead atoms. The maximum absolute atomic E-state index is 16.0. The highest BCUT2D eigenvalue weighted by atomic mass is 16.2. The van der Waals surface area contributed by atoms with Crippen LogP contribution >= 0.6 is 0 Å². The molecule has 2 aliphatic rings. The molecule has 8 aromatic rings. The van der Waals surface area contributed by atoms with E-state index in [-0.39, 0.29) is 11.8 Å². The molecule has 0 N–H and O–H groups in total. The molecular weight excluding hydrogens is 685 g/mol. The summed E-state index contributed by atoms with van der Waals surface area (Å²) >= 11 is 0. The van der Waals surface area contributed by atoms with Gasteiger partial charge in [0.15, 0.2) is 0 Å². The van der Waals surface area contributed by atoms with Crippen LogP contribution in [0.4, 0.5) is 0 Å². The zero-order valence-electron chi connectivity index (χ0n) is 30.5. The first-order valence-corrected chi connectivity index (χ1v) is 19.0. The van der Waals surface area contributed by atoms with E-state index >= 15 is 9.59 Å². The SMILES string of the molecule is O=C1C2=C(c3cccc4ccccc34)N(C(c3ccccc3)c3ccccc3)C(=O)C2=C(c2cccc3ccccc23)N1C(c1ccccc1)c1ccccc1. The van der Waals surface area contributed by atoms with Crippen molar-refractivity contribution >= 4 is 44.8 Å². The summed E-state index contributed by atoms with van der Waals surface area (Å²) in [6, 6.07) is 68.3. The Morgan fingerprint density at radius 1 is 0.304 bits per heavy atom. The predicted octanol–water partition coefficient (Wildman–Crippen LogP) is 11.4. The quantitative estimate of drug-likeness (QED) is 0.157. The fourth-order valence-electron chi connectivity index (χ4n) is 8.75. The number of hydrogen-bond acceptors (Lipinski definition) is 2. The Hall–Kier alpha value is -7.30. The monoisotopic (exact) mass is 720 g/mol. The fourth-order valence-corrected chi connectivity index (χ4v) is 8.75. The van der Waals surface area contributed by atoms with Crippen LogP contribution in [0.2, 0.25) is 0 Å².